The molecule has 3 aromatic rings. The minimum Gasteiger partial charge on any atom is -0.481 e. The van der Waals surface area contributed by atoms with Gasteiger partial charge in [0, 0.05) is 18.3 Å². The monoisotopic (exact) mass is 556 g/mol. The number of aromatic nitrogens is 1. The number of methoxy groups -OCH3 is 1. The number of pyridine rings is 1. The summed E-state index contributed by atoms with van der Waals surface area (Å²) in [6.45, 7) is 3.60. The quantitative estimate of drug-likeness (QED) is 0.409. The molecule has 0 spiro atoms. The molecular formula is C23H20BrF3N2O4S. The lowest BCUT2D eigenvalue weighted by Gasteiger charge is -2.18. The van der Waals surface area contributed by atoms with Crippen molar-refractivity contribution in [2.24, 2.45) is 0 Å². The maximum absolute atomic E-state index is 14.5. The lowest BCUT2D eigenvalue weighted by molar-refractivity contribution is -0.118. The van der Waals surface area contributed by atoms with Crippen molar-refractivity contribution in [3.05, 3.63) is 75.6 Å². The van der Waals surface area contributed by atoms with Gasteiger partial charge in [-0.3, -0.25) is 4.79 Å². The van der Waals surface area contributed by atoms with Gasteiger partial charge >= 0.3 is 0 Å². The van der Waals surface area contributed by atoms with Crippen LogP contribution in [-0.4, -0.2) is 26.4 Å². The molecule has 1 N–H and O–H groups in total. The van der Waals surface area contributed by atoms with E-state index in [1.165, 1.54) is 25.4 Å². The van der Waals surface area contributed by atoms with Gasteiger partial charge in [-0.25, -0.2) is 31.3 Å². The van der Waals surface area contributed by atoms with Gasteiger partial charge in [-0.2, -0.15) is 0 Å². The Balaban J connectivity index is 2.03. The molecule has 0 aliphatic rings. The second kappa shape index (κ2) is 10.1. The SMILES string of the molecule is COc1cc(-c2cc(F)cc(C(C)C)c2CC(=O)NS(=O)(=O)c2cc(Br)c(F)cc2F)ccn1. The highest BCUT2D eigenvalue weighted by molar-refractivity contribution is 9.10. The number of hydrogen-bond acceptors (Lipinski definition) is 5. The molecule has 1 heterocycles. The molecule has 0 saturated carbocycles. The van der Waals surface area contributed by atoms with Crippen molar-refractivity contribution in [1.82, 2.24) is 9.71 Å². The van der Waals surface area contributed by atoms with E-state index in [9.17, 15) is 26.4 Å². The molecule has 2 aromatic carbocycles. The third-order valence-electron chi connectivity index (χ3n) is 4.98. The van der Waals surface area contributed by atoms with Crippen LogP contribution < -0.4 is 9.46 Å². The summed E-state index contributed by atoms with van der Waals surface area (Å²) >= 11 is 2.80. The largest absolute Gasteiger partial charge is 0.481 e. The molecule has 11 heteroatoms. The molecule has 0 aliphatic carbocycles. The van der Waals surface area contributed by atoms with Crippen molar-refractivity contribution in [3.8, 4) is 17.0 Å². The summed E-state index contributed by atoms with van der Waals surface area (Å²) in [5.74, 6) is -3.80. The predicted octanol–water partition coefficient (Wildman–Crippen LogP) is 5.11. The summed E-state index contributed by atoms with van der Waals surface area (Å²) in [4.78, 5) is 15.9. The van der Waals surface area contributed by atoms with E-state index >= 15 is 0 Å². The molecule has 1 aromatic heterocycles. The van der Waals surface area contributed by atoms with Crippen molar-refractivity contribution in [2.45, 2.75) is 31.1 Å². The van der Waals surface area contributed by atoms with Crippen LogP contribution in [-0.2, 0) is 21.2 Å². The second-order valence-electron chi connectivity index (χ2n) is 7.66. The number of amides is 1. The fourth-order valence-electron chi connectivity index (χ4n) is 3.43. The van der Waals surface area contributed by atoms with Gasteiger partial charge in [0.2, 0.25) is 11.8 Å². The molecule has 0 atom stereocenters. The molecule has 3 rings (SSSR count). The number of hydrogen-bond donors (Lipinski definition) is 1. The van der Waals surface area contributed by atoms with Gasteiger partial charge in [-0.1, -0.05) is 13.8 Å². The van der Waals surface area contributed by atoms with E-state index in [1.54, 1.807) is 26.0 Å². The Bertz CT molecular complexity index is 1360. The Morgan fingerprint density at radius 1 is 1.12 bits per heavy atom. The lowest BCUT2D eigenvalue weighted by Crippen LogP contribution is -2.33. The third kappa shape index (κ3) is 5.58. The summed E-state index contributed by atoms with van der Waals surface area (Å²) in [5.41, 5.74) is 1.74. The number of nitrogens with one attached hydrogen (secondary N) is 1. The standard InChI is InChI=1S/C23H20BrF3N2O4S/c1-12(2)15-7-14(25)8-16(13-4-5-28-23(6-13)33-3)17(15)9-22(30)29-34(31,32)21-10-18(24)19(26)11-20(21)27/h4-8,10-12H,9H2,1-3H3,(H,29,30). The first kappa shape index (κ1) is 25.7. The first-order chi connectivity index (χ1) is 15.9. The molecule has 0 radical (unpaired) electrons. The van der Waals surface area contributed by atoms with E-state index < -0.39 is 44.7 Å². The zero-order chi connectivity index (χ0) is 25.2. The van der Waals surface area contributed by atoms with Gasteiger partial charge in [-0.05, 0) is 68.4 Å². The Labute approximate surface area is 203 Å². The second-order valence-corrected chi connectivity index (χ2v) is 10.2. The lowest BCUT2D eigenvalue weighted by atomic mass is 9.88. The summed E-state index contributed by atoms with van der Waals surface area (Å²) in [6.07, 6.45) is 1.01. The molecule has 6 nitrogen and oxygen atoms in total. The Kier molecular flexibility index (Phi) is 7.67. The number of nitrogens with zero attached hydrogens (tertiary/aromatic N) is 1. The molecule has 1 amide bonds. The van der Waals surface area contributed by atoms with Crippen LogP contribution in [0.3, 0.4) is 0 Å². The summed E-state index contributed by atoms with van der Waals surface area (Å²) in [5, 5.41) is 0. The maximum Gasteiger partial charge on any atom is 0.267 e. The van der Waals surface area contributed by atoms with Crippen molar-refractivity contribution in [2.75, 3.05) is 7.11 Å². The predicted molar refractivity (Wildman–Crippen MR) is 123 cm³/mol. The zero-order valence-corrected chi connectivity index (χ0v) is 20.7. The molecule has 34 heavy (non-hydrogen) atoms. The van der Waals surface area contributed by atoms with Crippen LogP contribution in [0.1, 0.15) is 30.9 Å². The zero-order valence-electron chi connectivity index (χ0n) is 18.3. The summed E-state index contributed by atoms with van der Waals surface area (Å²) < 4.78 is 74.0. The number of carbonyl (C=O) groups excluding carboxylic acids is 1. The van der Waals surface area contributed by atoms with E-state index in [4.69, 9.17) is 4.74 Å². The summed E-state index contributed by atoms with van der Waals surface area (Å²) in [6, 6.07) is 6.80. The maximum atomic E-state index is 14.5. The third-order valence-corrected chi connectivity index (χ3v) is 6.97. The van der Waals surface area contributed by atoms with Gasteiger partial charge < -0.3 is 4.74 Å². The van der Waals surface area contributed by atoms with Gasteiger partial charge in [0.25, 0.3) is 10.0 Å². The van der Waals surface area contributed by atoms with Crippen LogP contribution in [0.5, 0.6) is 5.88 Å². The summed E-state index contributed by atoms with van der Waals surface area (Å²) in [7, 11) is -3.23. The number of benzene rings is 2. The highest BCUT2D eigenvalue weighted by atomic mass is 79.9. The average molecular weight is 557 g/mol. The average Bonchev–Trinajstić information content (AvgIpc) is 2.76. The Hall–Kier alpha value is -2.92. The van der Waals surface area contributed by atoms with Crippen LogP contribution in [0.25, 0.3) is 11.1 Å². The molecule has 0 unspecified atom stereocenters. The number of halogens is 4. The van der Waals surface area contributed by atoms with Crippen molar-refractivity contribution >= 4 is 31.9 Å². The number of carbonyl (C=O) groups is 1. The van der Waals surface area contributed by atoms with E-state index in [0.29, 0.717) is 28.3 Å². The molecule has 180 valence electrons. The minimum atomic E-state index is -4.65. The smallest absolute Gasteiger partial charge is 0.267 e. The minimum absolute atomic E-state index is 0.205. The van der Waals surface area contributed by atoms with Gasteiger partial charge in [-0.15, -0.1) is 0 Å². The number of rotatable bonds is 7. The van der Waals surface area contributed by atoms with Crippen LogP contribution in [0.15, 0.2) is 52.0 Å². The molecule has 0 saturated heterocycles. The van der Waals surface area contributed by atoms with Crippen molar-refractivity contribution in [1.29, 1.82) is 0 Å². The van der Waals surface area contributed by atoms with E-state index in [1.807, 2.05) is 4.72 Å². The number of sulfonamides is 1. The first-order valence-electron chi connectivity index (χ1n) is 9.96. The molecule has 0 fully saturated rings. The molecule has 0 aliphatic heterocycles. The van der Waals surface area contributed by atoms with Gasteiger partial charge in [0.05, 0.1) is 18.0 Å². The van der Waals surface area contributed by atoms with Crippen LogP contribution >= 0.6 is 15.9 Å². The van der Waals surface area contributed by atoms with E-state index in [-0.39, 0.29) is 16.3 Å². The van der Waals surface area contributed by atoms with E-state index in [0.717, 1.165) is 6.07 Å². The fraction of sp³-hybridized carbons (Fsp3) is 0.217. The first-order valence-corrected chi connectivity index (χ1v) is 12.2. The van der Waals surface area contributed by atoms with Crippen LogP contribution in [0.2, 0.25) is 0 Å². The van der Waals surface area contributed by atoms with Crippen LogP contribution in [0, 0.1) is 17.5 Å². The van der Waals surface area contributed by atoms with Crippen molar-refractivity contribution < 1.29 is 31.1 Å². The van der Waals surface area contributed by atoms with Gasteiger partial charge in [0.15, 0.2) is 0 Å². The fourth-order valence-corrected chi connectivity index (χ4v) is 4.99. The van der Waals surface area contributed by atoms with Crippen LogP contribution in [0.4, 0.5) is 13.2 Å². The van der Waals surface area contributed by atoms with Crippen molar-refractivity contribution in [3.63, 3.8) is 0 Å². The number of ether oxygens (including phenoxy) is 1. The Morgan fingerprint density at radius 3 is 2.47 bits per heavy atom. The van der Waals surface area contributed by atoms with Gasteiger partial charge in [0.1, 0.15) is 22.3 Å². The molecular weight excluding hydrogens is 537 g/mol. The topological polar surface area (TPSA) is 85.4 Å². The normalized spacial score (nSPS) is 11.5. The highest BCUT2D eigenvalue weighted by Gasteiger charge is 2.25. The molecule has 0 bridgehead atoms. The highest BCUT2D eigenvalue weighted by Crippen LogP contribution is 2.33. The van der Waals surface area contributed by atoms with E-state index in [2.05, 4.69) is 20.9 Å². The Morgan fingerprint density at radius 2 is 1.82 bits per heavy atom.